The summed E-state index contributed by atoms with van der Waals surface area (Å²) in [5, 5.41) is 0. The van der Waals surface area contributed by atoms with Gasteiger partial charge in [0.05, 0.1) is 7.11 Å². The van der Waals surface area contributed by atoms with Crippen molar-refractivity contribution >= 4 is 0 Å². The lowest BCUT2D eigenvalue weighted by molar-refractivity contribution is -0.603. The number of rotatable bonds is 5. The molecule has 0 atom stereocenters. The van der Waals surface area contributed by atoms with Crippen LogP contribution in [0.25, 0.3) is 5.69 Å². The molecule has 23 heavy (non-hydrogen) atoms. The third-order valence-electron chi connectivity index (χ3n) is 3.77. The first kappa shape index (κ1) is 15.1. The first-order valence-electron chi connectivity index (χ1n) is 7.61. The smallest absolute Gasteiger partial charge is 0.230 e. The molecule has 0 saturated carbocycles. The van der Waals surface area contributed by atoms with Gasteiger partial charge in [0, 0.05) is 25.1 Å². The Balaban J connectivity index is 1.94. The summed E-state index contributed by atoms with van der Waals surface area (Å²) in [5.74, 6) is 1.51. The number of pyridine rings is 1. The van der Waals surface area contributed by atoms with Gasteiger partial charge in [-0.25, -0.2) is 0 Å². The Hall–Kier alpha value is -2.81. The molecule has 0 unspecified atom stereocenters. The van der Waals surface area contributed by atoms with Crippen molar-refractivity contribution in [1.29, 1.82) is 0 Å². The Morgan fingerprint density at radius 1 is 0.870 bits per heavy atom. The summed E-state index contributed by atoms with van der Waals surface area (Å²) in [5.41, 5.74) is 3.23. The number of hydrogen-bond donors (Lipinski definition) is 0. The van der Waals surface area contributed by atoms with Crippen LogP contribution in [0.3, 0.4) is 0 Å². The van der Waals surface area contributed by atoms with Gasteiger partial charge in [0.1, 0.15) is 6.61 Å². The van der Waals surface area contributed by atoms with E-state index in [0.717, 1.165) is 28.4 Å². The third-order valence-corrected chi connectivity index (χ3v) is 3.77. The molecular formula is C20H20NO2+. The van der Waals surface area contributed by atoms with E-state index in [4.69, 9.17) is 9.47 Å². The van der Waals surface area contributed by atoms with Crippen molar-refractivity contribution in [1.82, 2.24) is 0 Å². The van der Waals surface area contributed by atoms with Gasteiger partial charge in [-0.2, -0.15) is 4.57 Å². The molecule has 0 bridgehead atoms. The molecule has 0 aliphatic carbocycles. The predicted octanol–water partition coefficient (Wildman–Crippen LogP) is 3.86. The molecule has 2 aromatic carbocycles. The van der Waals surface area contributed by atoms with Crippen molar-refractivity contribution in [2.45, 2.75) is 13.5 Å². The van der Waals surface area contributed by atoms with E-state index in [1.54, 1.807) is 7.11 Å². The zero-order chi connectivity index (χ0) is 16.1. The SMILES string of the molecule is COc1cc[n+](-c2ccccc2)c(C)c1OCc1ccccc1. The molecule has 1 heterocycles. The van der Waals surface area contributed by atoms with Crippen molar-refractivity contribution in [3.05, 3.63) is 84.2 Å². The Kier molecular flexibility index (Phi) is 4.57. The van der Waals surface area contributed by atoms with Gasteiger partial charge < -0.3 is 9.47 Å². The van der Waals surface area contributed by atoms with Crippen LogP contribution < -0.4 is 14.0 Å². The summed E-state index contributed by atoms with van der Waals surface area (Å²) < 4.78 is 13.6. The second-order valence-electron chi connectivity index (χ2n) is 5.28. The van der Waals surface area contributed by atoms with Crippen molar-refractivity contribution in [3.63, 3.8) is 0 Å². The van der Waals surface area contributed by atoms with E-state index < -0.39 is 0 Å². The normalized spacial score (nSPS) is 10.3. The zero-order valence-electron chi connectivity index (χ0n) is 13.4. The molecule has 0 spiro atoms. The number of hydrogen-bond acceptors (Lipinski definition) is 2. The summed E-state index contributed by atoms with van der Waals surface area (Å²) in [4.78, 5) is 0. The fourth-order valence-corrected chi connectivity index (χ4v) is 2.55. The second kappa shape index (κ2) is 6.97. The number of nitrogens with zero attached hydrogens (tertiary/aromatic N) is 1. The van der Waals surface area contributed by atoms with Crippen LogP contribution in [0.2, 0.25) is 0 Å². The highest BCUT2D eigenvalue weighted by Crippen LogP contribution is 2.29. The minimum Gasteiger partial charge on any atom is -0.492 e. The van der Waals surface area contributed by atoms with Crippen LogP contribution >= 0.6 is 0 Å². The molecule has 0 aliphatic heterocycles. The predicted molar refractivity (Wildman–Crippen MR) is 90.0 cm³/mol. The van der Waals surface area contributed by atoms with Crippen molar-refractivity contribution < 1.29 is 14.0 Å². The van der Waals surface area contributed by atoms with Crippen LogP contribution in [0.1, 0.15) is 11.3 Å². The Bertz CT molecular complexity index is 770. The highest BCUT2D eigenvalue weighted by molar-refractivity contribution is 5.41. The van der Waals surface area contributed by atoms with Gasteiger partial charge in [0.15, 0.2) is 11.9 Å². The first-order valence-corrected chi connectivity index (χ1v) is 7.61. The van der Waals surface area contributed by atoms with E-state index in [2.05, 4.69) is 28.8 Å². The molecule has 3 nitrogen and oxygen atoms in total. The zero-order valence-corrected chi connectivity index (χ0v) is 13.4. The average molecular weight is 306 g/mol. The summed E-state index contributed by atoms with van der Waals surface area (Å²) in [7, 11) is 1.66. The first-order chi connectivity index (χ1) is 11.3. The van der Waals surface area contributed by atoms with E-state index in [1.807, 2.05) is 55.6 Å². The molecule has 0 fully saturated rings. The van der Waals surface area contributed by atoms with Gasteiger partial charge in [0.25, 0.3) is 0 Å². The summed E-state index contributed by atoms with van der Waals surface area (Å²) in [6.07, 6.45) is 2.00. The maximum atomic E-state index is 6.06. The van der Waals surface area contributed by atoms with Gasteiger partial charge in [-0.1, -0.05) is 48.5 Å². The number of ether oxygens (including phenoxy) is 2. The van der Waals surface area contributed by atoms with Crippen LogP contribution in [0.4, 0.5) is 0 Å². The summed E-state index contributed by atoms with van der Waals surface area (Å²) in [6, 6.07) is 22.3. The highest BCUT2D eigenvalue weighted by Gasteiger charge is 2.20. The van der Waals surface area contributed by atoms with Gasteiger partial charge in [0.2, 0.25) is 17.1 Å². The lowest BCUT2D eigenvalue weighted by atomic mass is 10.2. The third kappa shape index (κ3) is 3.34. The lowest BCUT2D eigenvalue weighted by Gasteiger charge is -2.12. The lowest BCUT2D eigenvalue weighted by Crippen LogP contribution is -2.34. The molecule has 1 aromatic heterocycles. The molecule has 3 heteroatoms. The summed E-state index contributed by atoms with van der Waals surface area (Å²) >= 11 is 0. The highest BCUT2D eigenvalue weighted by atomic mass is 16.5. The quantitative estimate of drug-likeness (QED) is 0.668. The Morgan fingerprint density at radius 2 is 1.52 bits per heavy atom. The van der Waals surface area contributed by atoms with Crippen LogP contribution in [0.15, 0.2) is 72.9 Å². The number of methoxy groups -OCH3 is 1. The van der Waals surface area contributed by atoms with Crippen LogP contribution in [-0.4, -0.2) is 7.11 Å². The molecule has 0 radical (unpaired) electrons. The molecule has 0 amide bonds. The van der Waals surface area contributed by atoms with Gasteiger partial charge >= 0.3 is 0 Å². The standard InChI is InChI=1S/C20H20NO2/c1-16-20(23-15-17-9-5-3-6-10-17)19(22-2)13-14-21(16)18-11-7-4-8-12-18/h3-14H,15H2,1-2H3/q+1. The van der Waals surface area contributed by atoms with Crippen molar-refractivity contribution in [2.75, 3.05) is 7.11 Å². The van der Waals surface area contributed by atoms with Gasteiger partial charge in [-0.15, -0.1) is 0 Å². The number of aromatic nitrogens is 1. The minimum absolute atomic E-state index is 0.511. The maximum absolute atomic E-state index is 6.06. The van der Waals surface area contributed by atoms with E-state index in [0.29, 0.717) is 6.61 Å². The molecule has 3 rings (SSSR count). The van der Waals surface area contributed by atoms with E-state index in [9.17, 15) is 0 Å². The van der Waals surface area contributed by atoms with E-state index >= 15 is 0 Å². The molecule has 0 aliphatic rings. The van der Waals surface area contributed by atoms with Crippen LogP contribution in [0, 0.1) is 6.92 Å². The molecule has 0 saturated heterocycles. The number of benzene rings is 2. The molecule has 116 valence electrons. The monoisotopic (exact) mass is 306 g/mol. The molecule has 3 aromatic rings. The van der Waals surface area contributed by atoms with Crippen LogP contribution in [0.5, 0.6) is 11.5 Å². The fraction of sp³-hybridized carbons (Fsp3) is 0.150. The van der Waals surface area contributed by atoms with Crippen molar-refractivity contribution in [3.8, 4) is 17.2 Å². The van der Waals surface area contributed by atoms with E-state index in [-0.39, 0.29) is 0 Å². The Morgan fingerprint density at radius 3 is 2.17 bits per heavy atom. The fourth-order valence-electron chi connectivity index (χ4n) is 2.55. The van der Waals surface area contributed by atoms with E-state index in [1.165, 1.54) is 0 Å². The van der Waals surface area contributed by atoms with Crippen LogP contribution in [-0.2, 0) is 6.61 Å². The summed E-state index contributed by atoms with van der Waals surface area (Å²) in [6.45, 7) is 2.55. The van der Waals surface area contributed by atoms with Gasteiger partial charge in [-0.3, -0.25) is 0 Å². The number of para-hydroxylation sites is 1. The Labute approximate surface area is 136 Å². The average Bonchev–Trinajstić information content (AvgIpc) is 2.62. The minimum atomic E-state index is 0.511. The molecular weight excluding hydrogens is 286 g/mol. The topological polar surface area (TPSA) is 22.3 Å². The second-order valence-corrected chi connectivity index (χ2v) is 5.28. The van der Waals surface area contributed by atoms with Gasteiger partial charge in [-0.05, 0) is 5.56 Å². The largest absolute Gasteiger partial charge is 0.492 e. The molecule has 0 N–H and O–H groups in total. The maximum Gasteiger partial charge on any atom is 0.230 e. The van der Waals surface area contributed by atoms with Crippen molar-refractivity contribution in [2.24, 2.45) is 0 Å².